The zero-order chi connectivity index (χ0) is 18.5. The first-order chi connectivity index (χ1) is 12.5. The third kappa shape index (κ3) is 4.45. The smallest absolute Gasteiger partial charge is 0.342 e. The van der Waals surface area contributed by atoms with Crippen LogP contribution >= 0.6 is 15.9 Å². The number of carbonyl (C=O) groups excluding carboxylic acids is 1. The first-order valence-electron chi connectivity index (χ1n) is 7.49. The third-order valence-electron chi connectivity index (χ3n) is 3.24. The van der Waals surface area contributed by atoms with E-state index in [4.69, 9.17) is 10.5 Å². The molecule has 0 aliphatic carbocycles. The van der Waals surface area contributed by atoms with Crippen molar-refractivity contribution in [2.45, 2.75) is 6.61 Å². The van der Waals surface area contributed by atoms with Crippen LogP contribution in [0.3, 0.4) is 0 Å². The highest BCUT2D eigenvalue weighted by molar-refractivity contribution is 9.10. The van der Waals surface area contributed by atoms with Crippen molar-refractivity contribution in [3.8, 4) is 5.75 Å². The van der Waals surface area contributed by atoms with E-state index in [9.17, 15) is 9.90 Å². The van der Waals surface area contributed by atoms with Gasteiger partial charge in [-0.2, -0.15) is 15.0 Å². The fourth-order valence-electron chi connectivity index (χ4n) is 2.09. The van der Waals surface area contributed by atoms with E-state index in [1.54, 1.807) is 6.07 Å². The van der Waals surface area contributed by atoms with Crippen LogP contribution in [0.4, 0.5) is 17.6 Å². The van der Waals surface area contributed by atoms with Crippen molar-refractivity contribution in [2.24, 2.45) is 0 Å². The lowest BCUT2D eigenvalue weighted by molar-refractivity contribution is 0.0459. The molecule has 0 bridgehead atoms. The van der Waals surface area contributed by atoms with Crippen LogP contribution in [0, 0.1) is 0 Å². The minimum atomic E-state index is -0.708. The van der Waals surface area contributed by atoms with Gasteiger partial charge in [0.1, 0.15) is 11.3 Å². The lowest BCUT2D eigenvalue weighted by atomic mass is 10.2. The number of nitrogens with one attached hydrogen (secondary N) is 1. The lowest BCUT2D eigenvalue weighted by Crippen LogP contribution is -2.11. The summed E-state index contributed by atoms with van der Waals surface area (Å²) in [7, 11) is 0. The molecule has 9 heteroatoms. The Kier molecular flexibility index (Phi) is 5.28. The second kappa shape index (κ2) is 7.79. The van der Waals surface area contributed by atoms with Gasteiger partial charge in [-0.15, -0.1) is 0 Å². The average molecular weight is 416 g/mol. The Balaban J connectivity index is 1.71. The maximum atomic E-state index is 12.1. The molecule has 4 N–H and O–H groups in total. The third-order valence-corrected chi connectivity index (χ3v) is 3.73. The summed E-state index contributed by atoms with van der Waals surface area (Å²) >= 11 is 3.23. The Morgan fingerprint density at radius 1 is 1.15 bits per heavy atom. The number of phenols is 1. The SMILES string of the molecule is Nc1nc(COC(=O)c2cc(Br)ccc2O)nc(Nc2ccccc2)n1. The van der Waals surface area contributed by atoms with Crippen molar-refractivity contribution in [3.05, 3.63) is 64.4 Å². The number of phenolic OH excluding ortho intramolecular Hbond substituents is 1. The molecular weight excluding hydrogens is 402 g/mol. The Labute approximate surface area is 157 Å². The van der Waals surface area contributed by atoms with E-state index in [-0.39, 0.29) is 35.6 Å². The Morgan fingerprint density at radius 2 is 1.92 bits per heavy atom. The number of para-hydroxylation sites is 1. The zero-order valence-electron chi connectivity index (χ0n) is 13.4. The molecule has 1 heterocycles. The standard InChI is InChI=1S/C17H14BrN5O3/c18-10-6-7-13(24)12(8-10)15(25)26-9-14-21-16(19)23-17(22-14)20-11-4-2-1-3-5-11/h1-8,24H,9H2,(H3,19,20,21,22,23). The number of aromatic hydroxyl groups is 1. The van der Waals surface area contributed by atoms with Crippen molar-refractivity contribution in [1.29, 1.82) is 0 Å². The number of rotatable bonds is 5. The van der Waals surface area contributed by atoms with Gasteiger partial charge in [0.2, 0.25) is 11.9 Å². The number of nitrogens with zero attached hydrogens (tertiary/aromatic N) is 3. The Morgan fingerprint density at radius 3 is 2.69 bits per heavy atom. The Bertz CT molecular complexity index is 937. The molecule has 132 valence electrons. The minimum Gasteiger partial charge on any atom is -0.507 e. The summed E-state index contributed by atoms with van der Waals surface area (Å²) in [5, 5.41) is 12.8. The van der Waals surface area contributed by atoms with Gasteiger partial charge in [-0.3, -0.25) is 0 Å². The number of carbonyl (C=O) groups is 1. The van der Waals surface area contributed by atoms with Crippen LogP contribution < -0.4 is 11.1 Å². The maximum absolute atomic E-state index is 12.1. The average Bonchev–Trinajstić information content (AvgIpc) is 2.62. The van der Waals surface area contributed by atoms with Crippen LogP contribution in [0.25, 0.3) is 0 Å². The molecule has 26 heavy (non-hydrogen) atoms. The van der Waals surface area contributed by atoms with E-state index in [0.29, 0.717) is 4.47 Å². The number of nitrogens with two attached hydrogens (primary N) is 1. The van der Waals surface area contributed by atoms with Crippen LogP contribution in [0.15, 0.2) is 53.0 Å². The van der Waals surface area contributed by atoms with E-state index in [0.717, 1.165) is 5.69 Å². The van der Waals surface area contributed by atoms with Gasteiger partial charge in [0.05, 0.1) is 0 Å². The van der Waals surface area contributed by atoms with E-state index in [2.05, 4.69) is 36.2 Å². The molecule has 0 spiro atoms. The summed E-state index contributed by atoms with van der Waals surface area (Å²) in [4.78, 5) is 24.2. The summed E-state index contributed by atoms with van der Waals surface area (Å²) in [6.07, 6.45) is 0. The molecule has 0 aliphatic rings. The second-order valence-corrected chi connectivity index (χ2v) is 6.08. The highest BCUT2D eigenvalue weighted by Gasteiger charge is 2.15. The van der Waals surface area contributed by atoms with E-state index in [1.807, 2.05) is 30.3 Å². The van der Waals surface area contributed by atoms with Crippen molar-refractivity contribution < 1.29 is 14.6 Å². The second-order valence-electron chi connectivity index (χ2n) is 5.16. The molecule has 0 aliphatic heterocycles. The van der Waals surface area contributed by atoms with Crippen molar-refractivity contribution in [2.75, 3.05) is 11.1 Å². The number of aromatic nitrogens is 3. The molecule has 0 unspecified atom stereocenters. The van der Waals surface area contributed by atoms with Crippen molar-refractivity contribution >= 4 is 39.5 Å². The number of esters is 1. The number of halogens is 1. The van der Waals surface area contributed by atoms with Crippen LogP contribution in [-0.4, -0.2) is 26.0 Å². The largest absolute Gasteiger partial charge is 0.507 e. The number of nitrogen functional groups attached to an aromatic ring is 1. The fourth-order valence-corrected chi connectivity index (χ4v) is 2.45. The molecule has 3 aromatic rings. The maximum Gasteiger partial charge on any atom is 0.342 e. The van der Waals surface area contributed by atoms with Crippen LogP contribution in [0.1, 0.15) is 16.2 Å². The van der Waals surface area contributed by atoms with Gasteiger partial charge in [-0.05, 0) is 30.3 Å². The van der Waals surface area contributed by atoms with Crippen molar-refractivity contribution in [3.63, 3.8) is 0 Å². The number of hydrogen-bond acceptors (Lipinski definition) is 8. The first-order valence-corrected chi connectivity index (χ1v) is 8.29. The zero-order valence-corrected chi connectivity index (χ0v) is 15.0. The fraction of sp³-hybridized carbons (Fsp3) is 0.0588. The van der Waals surface area contributed by atoms with Gasteiger partial charge >= 0.3 is 5.97 Å². The molecule has 0 saturated heterocycles. The van der Waals surface area contributed by atoms with Gasteiger partial charge < -0.3 is 20.9 Å². The molecule has 0 radical (unpaired) electrons. The Hall–Kier alpha value is -3.20. The highest BCUT2D eigenvalue weighted by Crippen LogP contribution is 2.23. The number of hydrogen-bond donors (Lipinski definition) is 3. The summed E-state index contributed by atoms with van der Waals surface area (Å²) in [6, 6.07) is 13.8. The summed E-state index contributed by atoms with van der Waals surface area (Å²) in [5.74, 6) is -0.478. The quantitative estimate of drug-likeness (QED) is 0.543. The van der Waals surface area contributed by atoms with E-state index in [1.165, 1.54) is 12.1 Å². The minimum absolute atomic E-state index is 0.00483. The molecular formula is C17H14BrN5O3. The molecule has 0 saturated carbocycles. The molecule has 0 atom stereocenters. The molecule has 0 fully saturated rings. The lowest BCUT2D eigenvalue weighted by Gasteiger charge is -2.09. The predicted octanol–water partition coefficient (Wildman–Crippen LogP) is 3.02. The summed E-state index contributed by atoms with van der Waals surface area (Å²) in [6.45, 7) is -0.221. The topological polar surface area (TPSA) is 123 Å². The molecule has 0 amide bonds. The van der Waals surface area contributed by atoms with Gasteiger partial charge in [0.25, 0.3) is 0 Å². The normalized spacial score (nSPS) is 10.3. The molecule has 2 aromatic carbocycles. The van der Waals surface area contributed by atoms with Gasteiger partial charge in [-0.25, -0.2) is 4.79 Å². The number of benzene rings is 2. The van der Waals surface area contributed by atoms with Gasteiger partial charge in [0, 0.05) is 10.2 Å². The van der Waals surface area contributed by atoms with Crippen LogP contribution in [0.2, 0.25) is 0 Å². The summed E-state index contributed by atoms with van der Waals surface area (Å²) in [5.41, 5.74) is 6.50. The van der Waals surface area contributed by atoms with Crippen LogP contribution in [0.5, 0.6) is 5.75 Å². The van der Waals surface area contributed by atoms with Crippen LogP contribution in [-0.2, 0) is 11.3 Å². The van der Waals surface area contributed by atoms with Gasteiger partial charge in [-0.1, -0.05) is 34.1 Å². The monoisotopic (exact) mass is 415 g/mol. The first kappa shape index (κ1) is 17.6. The highest BCUT2D eigenvalue weighted by atomic mass is 79.9. The molecule has 3 rings (SSSR count). The molecule has 8 nitrogen and oxygen atoms in total. The number of ether oxygens (including phenoxy) is 1. The van der Waals surface area contributed by atoms with Gasteiger partial charge in [0.15, 0.2) is 12.4 Å². The van der Waals surface area contributed by atoms with E-state index >= 15 is 0 Å². The van der Waals surface area contributed by atoms with Crippen molar-refractivity contribution in [1.82, 2.24) is 15.0 Å². The predicted molar refractivity (Wildman–Crippen MR) is 98.9 cm³/mol. The molecule has 1 aromatic heterocycles. The number of anilines is 3. The summed E-state index contributed by atoms with van der Waals surface area (Å²) < 4.78 is 5.79. The van der Waals surface area contributed by atoms with E-state index < -0.39 is 5.97 Å².